The molecule has 2 atom stereocenters. The fourth-order valence-corrected chi connectivity index (χ4v) is 10.3. The van der Waals surface area contributed by atoms with Crippen molar-refractivity contribution >= 4 is 30.0 Å². The SMILES string of the molecule is CC(C)(C)[Si](OC(c1nccs1)[C@H]1CCCNC1)(c1ccccc1)c1ccccc1. The van der Waals surface area contributed by atoms with Gasteiger partial charge in [0.15, 0.2) is 0 Å². The number of rotatable bonds is 6. The van der Waals surface area contributed by atoms with Crippen LogP contribution in [0, 0.1) is 5.92 Å². The fourth-order valence-electron chi connectivity index (χ4n) is 4.74. The molecule has 5 heteroatoms. The van der Waals surface area contributed by atoms with Crippen molar-refractivity contribution < 1.29 is 4.43 Å². The number of piperidine rings is 1. The molecule has 1 unspecified atom stereocenters. The van der Waals surface area contributed by atoms with Gasteiger partial charge in [-0.2, -0.15) is 0 Å². The average molecular weight is 437 g/mol. The summed E-state index contributed by atoms with van der Waals surface area (Å²) in [5.41, 5.74) is 0. The summed E-state index contributed by atoms with van der Waals surface area (Å²) in [7, 11) is -2.61. The van der Waals surface area contributed by atoms with Crippen LogP contribution in [0.15, 0.2) is 72.2 Å². The lowest BCUT2D eigenvalue weighted by atomic mass is 9.94. The van der Waals surface area contributed by atoms with E-state index in [1.54, 1.807) is 11.3 Å². The van der Waals surface area contributed by atoms with Crippen LogP contribution in [0.1, 0.15) is 44.7 Å². The van der Waals surface area contributed by atoms with Gasteiger partial charge in [0, 0.05) is 24.0 Å². The third-order valence-corrected chi connectivity index (χ3v) is 12.0. The maximum absolute atomic E-state index is 7.51. The van der Waals surface area contributed by atoms with E-state index in [0.717, 1.165) is 18.1 Å². The number of nitrogens with zero attached hydrogens (tertiary/aromatic N) is 1. The molecule has 2 aromatic carbocycles. The molecule has 2 heterocycles. The van der Waals surface area contributed by atoms with Gasteiger partial charge in [-0.15, -0.1) is 11.3 Å². The van der Waals surface area contributed by atoms with Crippen molar-refractivity contribution in [2.75, 3.05) is 13.1 Å². The molecule has 1 saturated heterocycles. The van der Waals surface area contributed by atoms with Gasteiger partial charge in [0.25, 0.3) is 8.32 Å². The van der Waals surface area contributed by atoms with Crippen molar-refractivity contribution in [3.63, 3.8) is 0 Å². The summed E-state index contributed by atoms with van der Waals surface area (Å²) in [4.78, 5) is 4.73. The molecule has 0 radical (unpaired) electrons. The van der Waals surface area contributed by atoms with E-state index in [1.807, 2.05) is 6.20 Å². The summed E-state index contributed by atoms with van der Waals surface area (Å²) >= 11 is 1.72. The lowest BCUT2D eigenvalue weighted by molar-refractivity contribution is 0.105. The van der Waals surface area contributed by atoms with Gasteiger partial charge in [-0.05, 0) is 34.8 Å². The molecule has 3 nitrogen and oxygen atoms in total. The molecular formula is C25H32N2OSSi. The Morgan fingerprint density at radius 2 is 1.67 bits per heavy atom. The van der Waals surface area contributed by atoms with Gasteiger partial charge in [-0.3, -0.25) is 0 Å². The second kappa shape index (κ2) is 9.14. The van der Waals surface area contributed by atoms with E-state index in [2.05, 4.69) is 92.1 Å². The average Bonchev–Trinajstić information content (AvgIpc) is 3.30. The van der Waals surface area contributed by atoms with Crippen LogP contribution in [-0.2, 0) is 4.43 Å². The molecule has 158 valence electrons. The molecule has 0 aliphatic carbocycles. The molecule has 0 bridgehead atoms. The van der Waals surface area contributed by atoms with Crippen molar-refractivity contribution in [3.05, 3.63) is 77.2 Å². The number of benzene rings is 2. The largest absolute Gasteiger partial charge is 0.398 e. The van der Waals surface area contributed by atoms with Crippen molar-refractivity contribution in [3.8, 4) is 0 Å². The Kier molecular flexibility index (Phi) is 6.53. The molecule has 30 heavy (non-hydrogen) atoms. The lowest BCUT2D eigenvalue weighted by Gasteiger charge is -2.46. The summed E-state index contributed by atoms with van der Waals surface area (Å²) in [6.07, 6.45) is 4.29. The normalized spacial score (nSPS) is 18.8. The molecule has 1 aliphatic heterocycles. The molecule has 1 N–H and O–H groups in total. The minimum atomic E-state index is -2.61. The molecule has 0 saturated carbocycles. The highest BCUT2D eigenvalue weighted by Crippen LogP contribution is 2.43. The van der Waals surface area contributed by atoms with E-state index in [-0.39, 0.29) is 11.1 Å². The van der Waals surface area contributed by atoms with Gasteiger partial charge in [0.05, 0.1) is 0 Å². The van der Waals surface area contributed by atoms with Crippen LogP contribution in [0.3, 0.4) is 0 Å². The number of nitrogens with one attached hydrogen (secondary N) is 1. The van der Waals surface area contributed by atoms with Crippen LogP contribution >= 0.6 is 11.3 Å². The Labute approximate surface area is 185 Å². The zero-order valence-corrected chi connectivity index (χ0v) is 20.0. The van der Waals surface area contributed by atoms with E-state index in [0.29, 0.717) is 5.92 Å². The Morgan fingerprint density at radius 1 is 1.03 bits per heavy atom. The minimum absolute atomic E-state index is 0.00380. The van der Waals surface area contributed by atoms with E-state index in [9.17, 15) is 0 Å². The predicted molar refractivity (Wildman–Crippen MR) is 129 cm³/mol. The summed E-state index contributed by atoms with van der Waals surface area (Å²) in [5.74, 6) is 0.437. The third kappa shape index (κ3) is 4.17. The molecule has 1 aromatic heterocycles. The zero-order chi connectivity index (χ0) is 21.0. The van der Waals surface area contributed by atoms with Crippen molar-refractivity contribution in [1.82, 2.24) is 10.3 Å². The van der Waals surface area contributed by atoms with E-state index in [4.69, 9.17) is 9.41 Å². The first-order valence-electron chi connectivity index (χ1n) is 10.9. The predicted octanol–water partition coefficient (Wildman–Crippen LogP) is 4.76. The maximum Gasteiger partial charge on any atom is 0.262 e. The van der Waals surface area contributed by atoms with Crippen molar-refractivity contribution in [2.45, 2.75) is 44.8 Å². The van der Waals surface area contributed by atoms with Crippen LogP contribution in [0.2, 0.25) is 5.04 Å². The van der Waals surface area contributed by atoms with Gasteiger partial charge in [-0.25, -0.2) is 4.98 Å². The Morgan fingerprint density at radius 3 is 2.13 bits per heavy atom. The monoisotopic (exact) mass is 436 g/mol. The number of thiazole rings is 1. The molecular weight excluding hydrogens is 404 g/mol. The Balaban J connectivity index is 1.88. The van der Waals surface area contributed by atoms with Gasteiger partial charge in [-0.1, -0.05) is 81.4 Å². The van der Waals surface area contributed by atoms with Crippen molar-refractivity contribution in [1.29, 1.82) is 0 Å². The van der Waals surface area contributed by atoms with Crippen LogP contribution in [0.4, 0.5) is 0 Å². The van der Waals surface area contributed by atoms with Gasteiger partial charge in [0.2, 0.25) is 0 Å². The fraction of sp³-hybridized carbons (Fsp3) is 0.400. The molecule has 0 spiro atoms. The number of hydrogen-bond acceptors (Lipinski definition) is 4. The highest BCUT2D eigenvalue weighted by Gasteiger charge is 2.52. The second-order valence-electron chi connectivity index (χ2n) is 9.18. The van der Waals surface area contributed by atoms with Crippen LogP contribution < -0.4 is 15.7 Å². The summed E-state index contributed by atoms with van der Waals surface area (Å²) in [6, 6.07) is 21.9. The molecule has 4 rings (SSSR count). The maximum atomic E-state index is 7.51. The van der Waals surface area contributed by atoms with E-state index < -0.39 is 8.32 Å². The third-order valence-electron chi connectivity index (χ3n) is 6.18. The first-order valence-corrected chi connectivity index (χ1v) is 13.7. The van der Waals surface area contributed by atoms with E-state index >= 15 is 0 Å². The van der Waals surface area contributed by atoms with Crippen molar-refractivity contribution in [2.24, 2.45) is 5.92 Å². The molecule has 1 fully saturated rings. The van der Waals surface area contributed by atoms with Crippen LogP contribution in [0.25, 0.3) is 0 Å². The first-order chi connectivity index (χ1) is 14.5. The zero-order valence-electron chi connectivity index (χ0n) is 18.2. The minimum Gasteiger partial charge on any atom is -0.398 e. The topological polar surface area (TPSA) is 34.1 Å². The summed E-state index contributed by atoms with van der Waals surface area (Å²) < 4.78 is 7.51. The molecule has 3 aromatic rings. The standard InChI is InChI=1S/C25H32N2OSSi/c1-25(2,3)30(21-12-6-4-7-13-21,22-14-8-5-9-15-22)28-23(24-27-17-18-29-24)20-11-10-16-26-19-20/h4-9,12-15,17-18,20,23,26H,10-11,16,19H2,1-3H3/t20-,23?/m0/s1. The van der Waals surface area contributed by atoms with Gasteiger partial charge < -0.3 is 9.74 Å². The Hall–Kier alpha value is -1.79. The molecule has 0 amide bonds. The highest BCUT2D eigenvalue weighted by atomic mass is 32.1. The van der Waals surface area contributed by atoms with E-state index in [1.165, 1.54) is 23.2 Å². The van der Waals surface area contributed by atoms with Crippen LogP contribution in [0.5, 0.6) is 0 Å². The smallest absolute Gasteiger partial charge is 0.262 e. The number of aromatic nitrogens is 1. The second-order valence-corrected chi connectivity index (χ2v) is 14.4. The quantitative estimate of drug-likeness (QED) is 0.566. The summed E-state index contributed by atoms with van der Waals surface area (Å²) in [6.45, 7) is 9.12. The highest BCUT2D eigenvalue weighted by molar-refractivity contribution is 7.09. The van der Waals surface area contributed by atoms with Crippen LogP contribution in [-0.4, -0.2) is 26.4 Å². The number of hydrogen-bond donors (Lipinski definition) is 1. The molecule has 1 aliphatic rings. The Bertz CT molecular complexity index is 864. The van der Waals surface area contributed by atoms with Gasteiger partial charge in [0.1, 0.15) is 11.1 Å². The van der Waals surface area contributed by atoms with Gasteiger partial charge >= 0.3 is 0 Å². The first kappa shape index (κ1) is 21.4. The summed E-state index contributed by atoms with van der Waals surface area (Å²) in [5, 5.41) is 9.40. The lowest BCUT2D eigenvalue weighted by Crippen LogP contribution is -2.67.